The zero-order chi connectivity index (χ0) is 27.7. The highest BCUT2D eigenvalue weighted by molar-refractivity contribution is 7.92. The Balaban J connectivity index is 2.00. The molecule has 0 bridgehead atoms. The van der Waals surface area contributed by atoms with Crippen LogP contribution in [-0.2, 0) is 32.6 Å². The largest absolute Gasteiger partial charge is 0.497 e. The smallest absolute Gasteiger partial charge is 0.264 e. The van der Waals surface area contributed by atoms with Crippen molar-refractivity contribution in [2.75, 3.05) is 24.5 Å². The summed E-state index contributed by atoms with van der Waals surface area (Å²) in [6.45, 7) is 5.51. The average Bonchev–Trinajstić information content (AvgIpc) is 2.95. The Morgan fingerprint density at radius 3 is 2.05 bits per heavy atom. The number of anilines is 1. The summed E-state index contributed by atoms with van der Waals surface area (Å²) in [5.74, 6) is -0.156. The van der Waals surface area contributed by atoms with Crippen LogP contribution in [-0.4, -0.2) is 51.4 Å². The van der Waals surface area contributed by atoms with Crippen molar-refractivity contribution in [3.05, 3.63) is 90.0 Å². The maximum Gasteiger partial charge on any atom is 0.264 e. The molecule has 3 rings (SSSR count). The van der Waals surface area contributed by atoms with Crippen molar-refractivity contribution in [1.82, 2.24) is 10.2 Å². The van der Waals surface area contributed by atoms with Gasteiger partial charge in [0.1, 0.15) is 18.3 Å². The molecule has 1 unspecified atom stereocenters. The van der Waals surface area contributed by atoms with Crippen LogP contribution in [0, 0.1) is 0 Å². The van der Waals surface area contributed by atoms with Crippen molar-refractivity contribution in [2.24, 2.45) is 0 Å². The molecule has 0 saturated carbocycles. The number of amides is 2. The van der Waals surface area contributed by atoms with Gasteiger partial charge in [0.15, 0.2) is 0 Å². The third-order valence-corrected chi connectivity index (χ3v) is 8.06. The second-order valence-corrected chi connectivity index (χ2v) is 10.6. The van der Waals surface area contributed by atoms with Gasteiger partial charge in [0.25, 0.3) is 10.0 Å². The summed E-state index contributed by atoms with van der Waals surface area (Å²) in [5, 5.41) is 2.75. The molecule has 0 fully saturated rings. The van der Waals surface area contributed by atoms with Crippen molar-refractivity contribution >= 4 is 27.5 Å². The molecule has 1 atom stereocenters. The van der Waals surface area contributed by atoms with Gasteiger partial charge in [-0.1, -0.05) is 49.4 Å². The molecular formula is C29H35N3O5S. The first-order chi connectivity index (χ1) is 18.2. The van der Waals surface area contributed by atoms with E-state index in [1.807, 2.05) is 31.2 Å². The Hall–Kier alpha value is -3.85. The Morgan fingerprint density at radius 1 is 0.895 bits per heavy atom. The molecule has 0 saturated heterocycles. The molecule has 0 aliphatic heterocycles. The molecule has 2 amide bonds. The van der Waals surface area contributed by atoms with Crippen LogP contribution >= 0.6 is 0 Å². The Bertz CT molecular complexity index is 1310. The normalized spacial score (nSPS) is 11.9. The molecule has 3 aromatic carbocycles. The zero-order valence-corrected chi connectivity index (χ0v) is 23.1. The second-order valence-electron chi connectivity index (χ2n) is 8.79. The van der Waals surface area contributed by atoms with Crippen LogP contribution in [0.2, 0.25) is 0 Å². The third-order valence-electron chi connectivity index (χ3n) is 6.27. The first-order valence-electron chi connectivity index (χ1n) is 12.6. The number of nitrogens with zero attached hydrogens (tertiary/aromatic N) is 2. The van der Waals surface area contributed by atoms with Crippen LogP contribution in [0.3, 0.4) is 0 Å². The highest BCUT2D eigenvalue weighted by atomic mass is 32.2. The second kappa shape index (κ2) is 13.1. The number of hydrogen-bond acceptors (Lipinski definition) is 5. The molecule has 38 heavy (non-hydrogen) atoms. The predicted octanol–water partition coefficient (Wildman–Crippen LogP) is 4.01. The molecule has 9 heteroatoms. The van der Waals surface area contributed by atoms with E-state index in [2.05, 4.69) is 5.32 Å². The fourth-order valence-corrected chi connectivity index (χ4v) is 5.41. The van der Waals surface area contributed by atoms with E-state index in [0.29, 0.717) is 18.0 Å². The van der Waals surface area contributed by atoms with Gasteiger partial charge in [0.2, 0.25) is 11.8 Å². The summed E-state index contributed by atoms with van der Waals surface area (Å²) in [5.41, 5.74) is 2.19. The zero-order valence-electron chi connectivity index (χ0n) is 22.3. The lowest BCUT2D eigenvalue weighted by Crippen LogP contribution is -2.51. The van der Waals surface area contributed by atoms with Crippen LogP contribution in [0.4, 0.5) is 5.69 Å². The Labute approximate surface area is 225 Å². The molecule has 202 valence electrons. The topological polar surface area (TPSA) is 96.0 Å². The van der Waals surface area contributed by atoms with E-state index in [1.54, 1.807) is 63.4 Å². The summed E-state index contributed by atoms with van der Waals surface area (Å²) in [6.07, 6.45) is 0.796. The van der Waals surface area contributed by atoms with Crippen LogP contribution in [0.1, 0.15) is 31.9 Å². The van der Waals surface area contributed by atoms with Gasteiger partial charge in [-0.25, -0.2) is 8.42 Å². The molecule has 1 N–H and O–H groups in total. The molecular weight excluding hydrogens is 502 g/mol. The van der Waals surface area contributed by atoms with E-state index in [1.165, 1.54) is 17.0 Å². The lowest BCUT2D eigenvalue weighted by molar-refractivity contribution is -0.139. The summed E-state index contributed by atoms with van der Waals surface area (Å²) in [6, 6.07) is 21.5. The van der Waals surface area contributed by atoms with Gasteiger partial charge in [-0.2, -0.15) is 0 Å². The first-order valence-corrected chi connectivity index (χ1v) is 14.0. The number of carbonyl (C=O) groups is 2. The van der Waals surface area contributed by atoms with E-state index >= 15 is 0 Å². The fraction of sp³-hybridized carbons (Fsp3) is 0.310. The van der Waals surface area contributed by atoms with E-state index in [0.717, 1.165) is 21.9 Å². The minimum atomic E-state index is -4.07. The summed E-state index contributed by atoms with van der Waals surface area (Å²) in [4.78, 5) is 28.1. The van der Waals surface area contributed by atoms with Crippen LogP contribution in [0.5, 0.6) is 5.75 Å². The molecule has 0 aromatic heterocycles. The fourth-order valence-electron chi connectivity index (χ4n) is 3.98. The standard InChI is InChI=1S/C29H35N3O5S/c1-5-23-12-16-25(17-13-23)32(38(35,36)27-10-8-7-9-11-27)21-28(33)31(22(3)29(34)30-6-2)20-24-14-18-26(37-4)19-15-24/h7-19,22H,5-6,20-21H2,1-4H3,(H,30,34). The van der Waals surface area contributed by atoms with E-state index in [-0.39, 0.29) is 17.3 Å². The molecule has 8 nitrogen and oxygen atoms in total. The van der Waals surface area contributed by atoms with Gasteiger partial charge in [0, 0.05) is 13.1 Å². The number of hydrogen-bond donors (Lipinski definition) is 1. The number of ether oxygens (including phenoxy) is 1. The van der Waals surface area contributed by atoms with Gasteiger partial charge >= 0.3 is 0 Å². The maximum absolute atomic E-state index is 13.8. The van der Waals surface area contributed by atoms with Gasteiger partial charge < -0.3 is 15.0 Å². The maximum atomic E-state index is 13.8. The molecule has 3 aromatic rings. The summed E-state index contributed by atoms with van der Waals surface area (Å²) in [7, 11) is -2.51. The molecule has 0 heterocycles. The van der Waals surface area contributed by atoms with Crippen molar-refractivity contribution in [2.45, 2.75) is 44.7 Å². The van der Waals surface area contributed by atoms with Gasteiger partial charge in [0.05, 0.1) is 17.7 Å². The van der Waals surface area contributed by atoms with Crippen molar-refractivity contribution < 1.29 is 22.7 Å². The number of rotatable bonds is 12. The van der Waals surface area contributed by atoms with E-state index < -0.39 is 28.5 Å². The highest BCUT2D eigenvalue weighted by Crippen LogP contribution is 2.25. The van der Waals surface area contributed by atoms with E-state index in [9.17, 15) is 18.0 Å². The summed E-state index contributed by atoms with van der Waals surface area (Å²) >= 11 is 0. The average molecular weight is 538 g/mol. The van der Waals surface area contributed by atoms with E-state index in [4.69, 9.17) is 4.74 Å². The monoisotopic (exact) mass is 537 g/mol. The number of methoxy groups -OCH3 is 1. The number of carbonyl (C=O) groups excluding carboxylic acids is 2. The molecule has 0 radical (unpaired) electrons. The predicted molar refractivity (Wildman–Crippen MR) is 148 cm³/mol. The van der Waals surface area contributed by atoms with Crippen LogP contribution < -0.4 is 14.4 Å². The third kappa shape index (κ3) is 6.92. The van der Waals surface area contributed by atoms with Gasteiger partial charge in [-0.3, -0.25) is 13.9 Å². The first kappa shape index (κ1) is 28.7. The number of sulfonamides is 1. The SMILES string of the molecule is CCNC(=O)C(C)N(Cc1ccc(OC)cc1)C(=O)CN(c1ccc(CC)cc1)S(=O)(=O)c1ccccc1. The molecule has 0 spiro atoms. The lowest BCUT2D eigenvalue weighted by atomic mass is 10.1. The summed E-state index contributed by atoms with van der Waals surface area (Å²) < 4.78 is 33.8. The van der Waals surface area contributed by atoms with Crippen LogP contribution in [0.25, 0.3) is 0 Å². The van der Waals surface area contributed by atoms with Gasteiger partial charge in [-0.05, 0) is 67.8 Å². The van der Waals surface area contributed by atoms with Crippen molar-refractivity contribution in [3.8, 4) is 5.75 Å². The number of likely N-dealkylation sites (N-methyl/N-ethyl adjacent to an activating group) is 1. The lowest BCUT2D eigenvalue weighted by Gasteiger charge is -2.32. The van der Waals surface area contributed by atoms with Crippen molar-refractivity contribution in [1.29, 1.82) is 0 Å². The minimum Gasteiger partial charge on any atom is -0.497 e. The molecule has 0 aliphatic carbocycles. The highest BCUT2D eigenvalue weighted by Gasteiger charge is 2.32. The molecule has 0 aliphatic rings. The quantitative estimate of drug-likeness (QED) is 0.377. The number of benzene rings is 3. The van der Waals surface area contributed by atoms with Crippen molar-refractivity contribution in [3.63, 3.8) is 0 Å². The minimum absolute atomic E-state index is 0.0749. The Morgan fingerprint density at radius 2 is 1.50 bits per heavy atom. The van der Waals surface area contributed by atoms with Crippen LogP contribution in [0.15, 0.2) is 83.8 Å². The number of aryl methyl sites for hydroxylation is 1. The Kier molecular flexibility index (Phi) is 9.90. The number of nitrogens with one attached hydrogen (secondary N) is 1. The van der Waals surface area contributed by atoms with Gasteiger partial charge in [-0.15, -0.1) is 0 Å².